The summed E-state index contributed by atoms with van der Waals surface area (Å²) in [7, 11) is 0. The van der Waals surface area contributed by atoms with Crippen molar-refractivity contribution in [3.63, 3.8) is 0 Å². The number of nitrogens with zero attached hydrogens (tertiary/aromatic N) is 1. The molecule has 0 aromatic heterocycles. The Morgan fingerprint density at radius 3 is 2.53 bits per heavy atom. The average molecular weight is 558 g/mol. The van der Waals surface area contributed by atoms with Crippen molar-refractivity contribution in [1.82, 2.24) is 4.90 Å². The number of hydrogen-bond donors (Lipinski definition) is 0. The molecule has 0 radical (unpaired) electrons. The third kappa shape index (κ3) is 4.98. The van der Waals surface area contributed by atoms with Crippen LogP contribution in [0, 0.1) is 6.92 Å². The lowest BCUT2D eigenvalue weighted by molar-refractivity contribution is -0.123. The van der Waals surface area contributed by atoms with E-state index in [2.05, 4.69) is 15.9 Å². The van der Waals surface area contributed by atoms with Gasteiger partial charge in [-0.05, 0) is 65.4 Å². The summed E-state index contributed by atoms with van der Waals surface area (Å²) in [5.74, 6) is -0.588. The highest BCUT2D eigenvalue weighted by Gasteiger charge is 2.35. The minimum absolute atomic E-state index is 0.198. The number of fused-ring (bicyclic) bond motifs is 1. The highest BCUT2D eigenvalue weighted by Crippen LogP contribution is 2.36. The molecule has 0 bridgehead atoms. The third-order valence-corrected chi connectivity index (χ3v) is 7.21. The molecule has 0 unspecified atom stereocenters. The second-order valence-corrected chi connectivity index (χ2v) is 10.3. The second kappa shape index (κ2) is 10.1. The summed E-state index contributed by atoms with van der Waals surface area (Å²) < 4.78 is 6.53. The zero-order chi connectivity index (χ0) is 25.2. The Morgan fingerprint density at radius 2 is 1.72 bits per heavy atom. The van der Waals surface area contributed by atoms with Crippen LogP contribution in [0.1, 0.15) is 27.0 Å². The van der Waals surface area contributed by atoms with E-state index in [1.165, 1.54) is 4.90 Å². The van der Waals surface area contributed by atoms with E-state index in [0.717, 1.165) is 38.1 Å². The number of imide groups is 1. The Bertz CT molecular complexity index is 1540. The highest BCUT2D eigenvalue weighted by atomic mass is 79.9. The van der Waals surface area contributed by atoms with Crippen molar-refractivity contribution in [3.05, 3.63) is 117 Å². The SMILES string of the molecule is Cc1ccc(CN2C(=O)S/C(=C\c3cc(Br)ccc3OC(=O)c3cccc4ccccc34)C2=O)cc1. The molecule has 0 atom stereocenters. The van der Waals surface area contributed by atoms with E-state index in [1.807, 2.05) is 67.6 Å². The maximum absolute atomic E-state index is 13.1. The van der Waals surface area contributed by atoms with Gasteiger partial charge in [0.05, 0.1) is 17.0 Å². The van der Waals surface area contributed by atoms with E-state index >= 15 is 0 Å². The van der Waals surface area contributed by atoms with Crippen LogP contribution >= 0.6 is 27.7 Å². The van der Waals surface area contributed by atoms with Crippen LogP contribution in [-0.4, -0.2) is 22.0 Å². The number of aryl methyl sites for hydroxylation is 1. The lowest BCUT2D eigenvalue weighted by Crippen LogP contribution is -2.27. The van der Waals surface area contributed by atoms with Gasteiger partial charge in [0.25, 0.3) is 11.1 Å². The molecule has 1 aliphatic rings. The topological polar surface area (TPSA) is 63.7 Å². The summed E-state index contributed by atoms with van der Waals surface area (Å²) in [5, 5.41) is 1.39. The average Bonchev–Trinajstić information content (AvgIpc) is 3.13. The Hall–Kier alpha value is -3.68. The Labute approximate surface area is 220 Å². The highest BCUT2D eigenvalue weighted by molar-refractivity contribution is 9.10. The first-order chi connectivity index (χ1) is 17.4. The molecule has 1 heterocycles. The van der Waals surface area contributed by atoms with Gasteiger partial charge in [-0.3, -0.25) is 14.5 Å². The Kier molecular flexibility index (Phi) is 6.76. The molecular weight excluding hydrogens is 538 g/mol. The number of thioether (sulfide) groups is 1. The first kappa shape index (κ1) is 24.0. The molecule has 0 spiro atoms. The number of ether oxygens (including phenoxy) is 1. The number of rotatable bonds is 5. The fourth-order valence-electron chi connectivity index (χ4n) is 3.94. The first-order valence-electron chi connectivity index (χ1n) is 11.2. The minimum atomic E-state index is -0.503. The summed E-state index contributed by atoms with van der Waals surface area (Å²) in [5.41, 5.74) is 2.93. The number of esters is 1. The standard InChI is InChI=1S/C29H20BrNO4S/c1-18-9-11-19(12-10-18)17-31-27(32)26(36-29(31)34)16-21-15-22(30)13-14-25(21)35-28(33)24-8-4-6-20-5-2-3-7-23(20)24/h2-16H,17H2,1H3/b26-16-. The van der Waals surface area contributed by atoms with Crippen LogP contribution in [0.15, 0.2) is 94.3 Å². The molecule has 36 heavy (non-hydrogen) atoms. The quantitative estimate of drug-likeness (QED) is 0.145. The molecule has 4 aromatic carbocycles. The van der Waals surface area contributed by atoms with E-state index in [9.17, 15) is 14.4 Å². The zero-order valence-electron chi connectivity index (χ0n) is 19.2. The van der Waals surface area contributed by atoms with E-state index in [1.54, 1.807) is 30.3 Å². The van der Waals surface area contributed by atoms with Gasteiger partial charge in [0.2, 0.25) is 0 Å². The number of carbonyl (C=O) groups excluding carboxylic acids is 3. The lowest BCUT2D eigenvalue weighted by Gasteiger charge is -2.13. The number of carbonyl (C=O) groups is 3. The van der Waals surface area contributed by atoms with Crippen LogP contribution in [0.4, 0.5) is 4.79 Å². The van der Waals surface area contributed by atoms with Gasteiger partial charge in [0.1, 0.15) is 5.75 Å². The van der Waals surface area contributed by atoms with Gasteiger partial charge in [-0.25, -0.2) is 4.79 Å². The summed E-state index contributed by atoms with van der Waals surface area (Å²) in [6.07, 6.45) is 1.59. The maximum atomic E-state index is 13.1. The fraction of sp³-hybridized carbons (Fsp3) is 0.0690. The normalized spacial score (nSPS) is 14.6. The van der Waals surface area contributed by atoms with Gasteiger partial charge in [-0.2, -0.15) is 0 Å². The van der Waals surface area contributed by atoms with Gasteiger partial charge in [-0.1, -0.05) is 82.2 Å². The molecule has 1 aliphatic heterocycles. The van der Waals surface area contributed by atoms with Crippen LogP contribution in [-0.2, 0) is 11.3 Å². The number of halogens is 1. The molecular formula is C29H20BrNO4S. The van der Waals surface area contributed by atoms with E-state index in [0.29, 0.717) is 16.9 Å². The molecule has 0 N–H and O–H groups in total. The van der Waals surface area contributed by atoms with Crippen LogP contribution < -0.4 is 4.74 Å². The van der Waals surface area contributed by atoms with Crippen molar-refractivity contribution in [2.24, 2.45) is 0 Å². The van der Waals surface area contributed by atoms with Gasteiger partial charge >= 0.3 is 5.97 Å². The molecule has 5 nitrogen and oxygen atoms in total. The molecule has 2 amide bonds. The number of hydrogen-bond acceptors (Lipinski definition) is 5. The predicted molar refractivity (Wildman–Crippen MR) is 146 cm³/mol. The molecule has 7 heteroatoms. The Balaban J connectivity index is 1.42. The van der Waals surface area contributed by atoms with Gasteiger partial charge < -0.3 is 4.74 Å². The molecule has 1 saturated heterocycles. The van der Waals surface area contributed by atoms with Crippen molar-refractivity contribution in [2.75, 3.05) is 0 Å². The maximum Gasteiger partial charge on any atom is 0.344 e. The van der Waals surface area contributed by atoms with Crippen molar-refractivity contribution < 1.29 is 19.1 Å². The van der Waals surface area contributed by atoms with Crippen molar-refractivity contribution in [1.29, 1.82) is 0 Å². The molecule has 0 aliphatic carbocycles. The van der Waals surface area contributed by atoms with Crippen LogP contribution in [0.5, 0.6) is 5.75 Å². The van der Waals surface area contributed by atoms with Crippen LogP contribution in [0.2, 0.25) is 0 Å². The molecule has 178 valence electrons. The number of amides is 2. The van der Waals surface area contributed by atoms with Gasteiger partial charge in [-0.15, -0.1) is 0 Å². The fourth-order valence-corrected chi connectivity index (χ4v) is 5.14. The predicted octanol–water partition coefficient (Wildman–Crippen LogP) is 7.37. The minimum Gasteiger partial charge on any atom is -0.422 e. The Morgan fingerprint density at radius 1 is 0.972 bits per heavy atom. The zero-order valence-corrected chi connectivity index (χ0v) is 21.6. The monoisotopic (exact) mass is 557 g/mol. The van der Waals surface area contributed by atoms with Crippen LogP contribution in [0.25, 0.3) is 16.8 Å². The van der Waals surface area contributed by atoms with Crippen molar-refractivity contribution >= 4 is 61.7 Å². The molecule has 1 fully saturated rings. The van der Waals surface area contributed by atoms with E-state index in [-0.39, 0.29) is 22.6 Å². The van der Waals surface area contributed by atoms with E-state index in [4.69, 9.17) is 4.74 Å². The summed E-state index contributed by atoms with van der Waals surface area (Å²) in [6.45, 7) is 2.18. The number of benzene rings is 4. The molecule has 0 saturated carbocycles. The largest absolute Gasteiger partial charge is 0.422 e. The van der Waals surface area contributed by atoms with Crippen molar-refractivity contribution in [2.45, 2.75) is 13.5 Å². The summed E-state index contributed by atoms with van der Waals surface area (Å²) >= 11 is 4.31. The first-order valence-corrected chi connectivity index (χ1v) is 12.8. The van der Waals surface area contributed by atoms with Crippen LogP contribution in [0.3, 0.4) is 0 Å². The van der Waals surface area contributed by atoms with Crippen molar-refractivity contribution in [3.8, 4) is 5.75 Å². The smallest absolute Gasteiger partial charge is 0.344 e. The van der Waals surface area contributed by atoms with E-state index < -0.39 is 5.97 Å². The summed E-state index contributed by atoms with van der Waals surface area (Å²) in [6, 6.07) is 25.9. The lowest BCUT2D eigenvalue weighted by atomic mass is 10.0. The van der Waals surface area contributed by atoms with Gasteiger partial charge in [0, 0.05) is 10.0 Å². The second-order valence-electron chi connectivity index (χ2n) is 8.35. The molecule has 5 rings (SSSR count). The third-order valence-electron chi connectivity index (χ3n) is 5.81. The van der Waals surface area contributed by atoms with Gasteiger partial charge in [0.15, 0.2) is 0 Å². The summed E-state index contributed by atoms with van der Waals surface area (Å²) in [4.78, 5) is 40.3. The molecule has 4 aromatic rings.